The monoisotopic (exact) mass is 478 g/mol. The fourth-order valence-electron chi connectivity index (χ4n) is 4.35. The van der Waals surface area contributed by atoms with Gasteiger partial charge in [-0.25, -0.2) is 4.98 Å². The molecule has 0 N–H and O–H groups in total. The molecular weight excluding hydrogens is 458 g/mol. The van der Waals surface area contributed by atoms with Crippen LogP contribution in [0.2, 0.25) is 0 Å². The Morgan fingerprint density at radius 1 is 0.971 bits per heavy atom. The minimum atomic E-state index is -3.75. The van der Waals surface area contributed by atoms with Gasteiger partial charge in [-0.1, -0.05) is 12.1 Å². The van der Waals surface area contributed by atoms with Crippen molar-refractivity contribution in [2.24, 2.45) is 0 Å². The van der Waals surface area contributed by atoms with Crippen molar-refractivity contribution in [3.63, 3.8) is 0 Å². The Morgan fingerprint density at radius 2 is 1.71 bits per heavy atom. The largest absolute Gasteiger partial charge is 0.586 e. The molecule has 0 amide bonds. The van der Waals surface area contributed by atoms with Crippen LogP contribution in [0.5, 0.6) is 23.0 Å². The van der Waals surface area contributed by atoms with Crippen molar-refractivity contribution in [3.05, 3.63) is 70.8 Å². The number of hydrogen-bond acceptors (Lipinski definition) is 6. The van der Waals surface area contributed by atoms with Gasteiger partial charge in [-0.3, -0.25) is 4.79 Å². The highest BCUT2D eigenvalue weighted by Crippen LogP contribution is 2.44. The van der Waals surface area contributed by atoms with Crippen molar-refractivity contribution < 1.29 is 27.7 Å². The van der Waals surface area contributed by atoms with Crippen LogP contribution in [0.25, 0.3) is 27.9 Å². The molecule has 1 aliphatic heterocycles. The third-order valence-corrected chi connectivity index (χ3v) is 6.23. The van der Waals surface area contributed by atoms with Crippen LogP contribution in [0.4, 0.5) is 8.78 Å². The number of methoxy groups -OCH3 is 2. The van der Waals surface area contributed by atoms with Crippen LogP contribution >= 0.6 is 0 Å². The summed E-state index contributed by atoms with van der Waals surface area (Å²) in [7, 11) is 3.05. The molecule has 9 heteroatoms. The predicted molar refractivity (Wildman–Crippen MR) is 124 cm³/mol. The van der Waals surface area contributed by atoms with Crippen molar-refractivity contribution in [1.29, 1.82) is 0 Å². The van der Waals surface area contributed by atoms with E-state index in [2.05, 4.69) is 9.47 Å². The smallest absolute Gasteiger partial charge is 0.493 e. The van der Waals surface area contributed by atoms with Gasteiger partial charge in [0.25, 0.3) is 0 Å². The molecule has 3 heterocycles. The van der Waals surface area contributed by atoms with Gasteiger partial charge in [0, 0.05) is 29.6 Å². The zero-order valence-corrected chi connectivity index (χ0v) is 18.9. The molecule has 6 rings (SSSR count). The average Bonchev–Trinajstić information content (AvgIpc) is 3.64. The van der Waals surface area contributed by atoms with Crippen LogP contribution in [0.15, 0.2) is 59.7 Å². The molecule has 2 aromatic carbocycles. The molecule has 2 aromatic heterocycles. The van der Waals surface area contributed by atoms with E-state index in [0.29, 0.717) is 39.8 Å². The lowest BCUT2D eigenvalue weighted by Crippen LogP contribution is -2.25. The molecule has 0 spiro atoms. The summed E-state index contributed by atoms with van der Waals surface area (Å²) in [6, 6.07) is 11.5. The van der Waals surface area contributed by atoms with Gasteiger partial charge in [-0.15, -0.1) is 8.78 Å². The Balaban J connectivity index is 1.60. The molecule has 0 bridgehead atoms. The highest BCUT2D eigenvalue weighted by Gasteiger charge is 2.43. The quantitative estimate of drug-likeness (QED) is 0.391. The summed E-state index contributed by atoms with van der Waals surface area (Å²) in [5.41, 5.74) is 2.72. The third-order valence-electron chi connectivity index (χ3n) is 6.23. The van der Waals surface area contributed by atoms with Gasteiger partial charge < -0.3 is 23.3 Å². The van der Waals surface area contributed by atoms with Crippen molar-refractivity contribution >= 4 is 5.65 Å². The van der Waals surface area contributed by atoms with Crippen molar-refractivity contribution in [2.45, 2.75) is 25.1 Å². The van der Waals surface area contributed by atoms with Gasteiger partial charge in [0.1, 0.15) is 5.65 Å². The lowest BCUT2D eigenvalue weighted by Gasteiger charge is -2.14. The number of halogens is 2. The summed E-state index contributed by atoms with van der Waals surface area (Å²) in [5, 5.41) is 0. The summed E-state index contributed by atoms with van der Waals surface area (Å²) in [5.74, 6) is 1.14. The number of aromatic nitrogens is 2. The molecule has 0 radical (unpaired) electrons. The first-order valence-corrected chi connectivity index (χ1v) is 11.1. The standard InChI is InChI=1S/C26H20F2N2O5/c1-32-19-7-5-15(11-21(19)33-2)17-13-30-10-9-18(14-3-4-14)29-25(30)23(24(17)31)16-6-8-20-22(12-16)35-26(27,28)34-20/h5-14H,3-4H2,1-2H3. The van der Waals surface area contributed by atoms with Crippen molar-refractivity contribution in [1.82, 2.24) is 9.38 Å². The van der Waals surface area contributed by atoms with E-state index < -0.39 is 6.29 Å². The molecule has 2 aliphatic rings. The Labute approximate surface area is 198 Å². The molecule has 1 saturated carbocycles. The number of ether oxygens (including phenoxy) is 4. The number of hydrogen-bond donors (Lipinski definition) is 0. The summed E-state index contributed by atoms with van der Waals surface area (Å²) in [6.07, 6.45) is 1.92. The highest BCUT2D eigenvalue weighted by atomic mass is 19.3. The first-order chi connectivity index (χ1) is 16.9. The van der Waals surface area contributed by atoms with Crippen LogP contribution < -0.4 is 24.4 Å². The second-order valence-electron chi connectivity index (χ2n) is 8.50. The summed E-state index contributed by atoms with van der Waals surface area (Å²) < 4.78 is 48.9. The van der Waals surface area contributed by atoms with E-state index >= 15 is 0 Å². The fourth-order valence-corrected chi connectivity index (χ4v) is 4.35. The maximum absolute atomic E-state index is 13.9. The molecule has 178 valence electrons. The number of nitrogens with zero attached hydrogens (tertiary/aromatic N) is 2. The van der Waals surface area contributed by atoms with E-state index in [1.54, 1.807) is 34.9 Å². The van der Waals surface area contributed by atoms with E-state index in [9.17, 15) is 13.6 Å². The number of pyridine rings is 1. The maximum Gasteiger partial charge on any atom is 0.586 e. The molecule has 0 saturated heterocycles. The Bertz CT molecular complexity index is 1550. The van der Waals surface area contributed by atoms with E-state index in [1.807, 2.05) is 12.3 Å². The van der Waals surface area contributed by atoms with Gasteiger partial charge >= 0.3 is 6.29 Å². The first-order valence-electron chi connectivity index (χ1n) is 11.1. The molecule has 0 unspecified atom stereocenters. The SMILES string of the molecule is COc1ccc(-c2cn3ccc(C4CC4)nc3c(-c3ccc4c(c3)OC(F)(F)O4)c2=O)cc1OC. The van der Waals surface area contributed by atoms with Crippen LogP contribution in [0.3, 0.4) is 0 Å². The summed E-state index contributed by atoms with van der Waals surface area (Å²) >= 11 is 0. The topological polar surface area (TPSA) is 71.3 Å². The predicted octanol–water partition coefficient (Wildman–Crippen LogP) is 5.24. The number of benzene rings is 2. The fraction of sp³-hybridized carbons (Fsp3) is 0.231. The average molecular weight is 478 g/mol. The third kappa shape index (κ3) is 3.63. The number of rotatable bonds is 5. The second kappa shape index (κ2) is 7.69. The normalized spacial score (nSPS) is 15.9. The lowest BCUT2D eigenvalue weighted by molar-refractivity contribution is -0.286. The van der Waals surface area contributed by atoms with Gasteiger partial charge in [0.2, 0.25) is 0 Å². The lowest BCUT2D eigenvalue weighted by atomic mass is 9.99. The van der Waals surface area contributed by atoms with E-state index in [0.717, 1.165) is 18.5 Å². The zero-order chi connectivity index (χ0) is 24.3. The van der Waals surface area contributed by atoms with Gasteiger partial charge in [-0.05, 0) is 54.3 Å². The molecule has 1 fully saturated rings. The van der Waals surface area contributed by atoms with Crippen molar-refractivity contribution in [2.75, 3.05) is 14.2 Å². The first kappa shape index (κ1) is 21.4. The Hall–Kier alpha value is -4.14. The Morgan fingerprint density at radius 3 is 2.46 bits per heavy atom. The maximum atomic E-state index is 13.9. The molecule has 7 nitrogen and oxygen atoms in total. The number of alkyl halides is 2. The minimum Gasteiger partial charge on any atom is -0.493 e. The molecule has 1 aliphatic carbocycles. The zero-order valence-electron chi connectivity index (χ0n) is 18.9. The second-order valence-corrected chi connectivity index (χ2v) is 8.50. The van der Waals surface area contributed by atoms with E-state index in [-0.39, 0.29) is 22.5 Å². The molecule has 35 heavy (non-hydrogen) atoms. The summed E-state index contributed by atoms with van der Waals surface area (Å²) in [4.78, 5) is 18.7. The van der Waals surface area contributed by atoms with E-state index in [4.69, 9.17) is 14.5 Å². The molecule has 4 aromatic rings. The van der Waals surface area contributed by atoms with Crippen LogP contribution in [-0.4, -0.2) is 29.9 Å². The van der Waals surface area contributed by atoms with Gasteiger partial charge in [0.15, 0.2) is 28.4 Å². The van der Waals surface area contributed by atoms with E-state index in [1.165, 1.54) is 26.4 Å². The highest BCUT2D eigenvalue weighted by molar-refractivity contribution is 5.83. The van der Waals surface area contributed by atoms with Crippen LogP contribution in [0.1, 0.15) is 24.5 Å². The van der Waals surface area contributed by atoms with Crippen molar-refractivity contribution in [3.8, 4) is 45.3 Å². The summed E-state index contributed by atoms with van der Waals surface area (Å²) in [6.45, 7) is 0. The van der Waals surface area contributed by atoms with Gasteiger partial charge in [-0.2, -0.15) is 0 Å². The molecule has 0 atom stereocenters. The van der Waals surface area contributed by atoms with Crippen LogP contribution in [-0.2, 0) is 0 Å². The minimum absolute atomic E-state index is 0.0918. The molecular formula is C26H20F2N2O5. The van der Waals surface area contributed by atoms with Gasteiger partial charge in [0.05, 0.1) is 19.8 Å². The van der Waals surface area contributed by atoms with Crippen LogP contribution in [0, 0.1) is 0 Å². The Kier molecular flexibility index (Phi) is 4.70. The number of fused-ring (bicyclic) bond motifs is 2.